The van der Waals surface area contributed by atoms with Crippen molar-refractivity contribution in [2.75, 3.05) is 39.4 Å². The lowest BCUT2D eigenvalue weighted by molar-refractivity contribution is -0.166. The number of nitrogens with zero attached hydrogens (tertiary/aromatic N) is 2. The van der Waals surface area contributed by atoms with Gasteiger partial charge in [0.15, 0.2) is 0 Å². The van der Waals surface area contributed by atoms with Crippen molar-refractivity contribution in [1.82, 2.24) is 9.80 Å². The van der Waals surface area contributed by atoms with Gasteiger partial charge in [-0.05, 0) is 43.9 Å². The maximum atomic E-state index is 13.1. The third-order valence-electron chi connectivity index (χ3n) is 5.83. The Morgan fingerprint density at radius 1 is 1.13 bits per heavy atom. The van der Waals surface area contributed by atoms with Crippen LogP contribution in [0.5, 0.6) is 5.75 Å². The molecule has 0 unspecified atom stereocenters. The van der Waals surface area contributed by atoms with Crippen LogP contribution in [0.3, 0.4) is 0 Å². The number of rotatable bonds is 8. The smallest absolute Gasteiger partial charge is 0.225 e. The largest absolute Gasteiger partial charge is 0.490 e. The number of carbonyl (C=O) groups is 2. The van der Waals surface area contributed by atoms with E-state index in [0.29, 0.717) is 36.9 Å². The Kier molecular flexibility index (Phi) is 8.40. The highest BCUT2D eigenvalue weighted by atomic mass is 35.5. The topological polar surface area (TPSA) is 59.1 Å². The van der Waals surface area contributed by atoms with Crippen molar-refractivity contribution in [2.45, 2.75) is 57.5 Å². The summed E-state index contributed by atoms with van der Waals surface area (Å²) in [6.07, 6.45) is 5.85. The second kappa shape index (κ2) is 11.0. The number of carbonyl (C=O) groups excluding carboxylic acids is 2. The van der Waals surface area contributed by atoms with E-state index >= 15 is 0 Å². The molecule has 166 valence electrons. The number of ether oxygens (including phenoxy) is 2. The Labute approximate surface area is 184 Å². The lowest BCUT2D eigenvalue weighted by atomic mass is 9.95. The van der Waals surface area contributed by atoms with E-state index in [1.807, 2.05) is 21.9 Å². The van der Waals surface area contributed by atoms with Gasteiger partial charge in [0.2, 0.25) is 11.8 Å². The number of unbranched alkanes of at least 4 members (excludes halogenated alkanes) is 1. The lowest BCUT2D eigenvalue weighted by Gasteiger charge is -2.43. The molecule has 0 aromatic heterocycles. The summed E-state index contributed by atoms with van der Waals surface area (Å²) in [7, 11) is 0. The van der Waals surface area contributed by atoms with Crippen molar-refractivity contribution in [3.63, 3.8) is 0 Å². The van der Waals surface area contributed by atoms with Gasteiger partial charge < -0.3 is 19.3 Å². The van der Waals surface area contributed by atoms with Gasteiger partial charge in [-0.15, -0.1) is 0 Å². The second-order valence-corrected chi connectivity index (χ2v) is 8.75. The van der Waals surface area contributed by atoms with E-state index in [0.717, 1.165) is 38.8 Å². The molecule has 2 amide bonds. The monoisotopic (exact) mass is 436 g/mol. The molecule has 3 rings (SSSR count). The molecule has 0 spiro atoms. The van der Waals surface area contributed by atoms with E-state index in [4.69, 9.17) is 21.1 Å². The molecule has 2 aliphatic heterocycles. The summed E-state index contributed by atoms with van der Waals surface area (Å²) < 4.78 is 12.2. The van der Waals surface area contributed by atoms with Crippen molar-refractivity contribution < 1.29 is 19.1 Å². The fourth-order valence-corrected chi connectivity index (χ4v) is 4.27. The van der Waals surface area contributed by atoms with Crippen LogP contribution in [0.4, 0.5) is 0 Å². The summed E-state index contributed by atoms with van der Waals surface area (Å²) in [6.45, 7) is 5.20. The average molecular weight is 437 g/mol. The molecule has 1 atom stereocenters. The minimum absolute atomic E-state index is 0.0762. The van der Waals surface area contributed by atoms with Gasteiger partial charge in [0.1, 0.15) is 18.0 Å². The van der Waals surface area contributed by atoms with Crippen molar-refractivity contribution in [3.05, 3.63) is 29.3 Å². The molecule has 0 saturated carbocycles. The number of amides is 2. The Balaban J connectivity index is 1.72. The number of morpholine rings is 1. The quantitative estimate of drug-likeness (QED) is 0.620. The summed E-state index contributed by atoms with van der Waals surface area (Å²) in [5, 5.41) is 0.590. The van der Waals surface area contributed by atoms with Crippen molar-refractivity contribution >= 4 is 23.4 Å². The molecule has 30 heavy (non-hydrogen) atoms. The molecule has 1 aromatic carbocycles. The van der Waals surface area contributed by atoms with E-state index in [9.17, 15) is 9.59 Å². The molecule has 2 fully saturated rings. The van der Waals surface area contributed by atoms with Gasteiger partial charge in [-0.1, -0.05) is 31.0 Å². The first-order valence-corrected chi connectivity index (χ1v) is 11.5. The molecule has 0 bridgehead atoms. The number of hydrogen-bond acceptors (Lipinski definition) is 4. The van der Waals surface area contributed by atoms with Crippen molar-refractivity contribution in [3.8, 4) is 5.75 Å². The summed E-state index contributed by atoms with van der Waals surface area (Å²) in [5.41, 5.74) is -0.850. The minimum Gasteiger partial charge on any atom is -0.490 e. The summed E-state index contributed by atoms with van der Waals surface area (Å²) >= 11 is 6.08. The van der Waals surface area contributed by atoms with E-state index in [-0.39, 0.29) is 24.8 Å². The Morgan fingerprint density at radius 3 is 2.67 bits per heavy atom. The fourth-order valence-electron chi connectivity index (χ4n) is 4.09. The van der Waals surface area contributed by atoms with Crippen molar-refractivity contribution in [2.24, 2.45) is 0 Å². The molecule has 0 radical (unpaired) electrons. The van der Waals surface area contributed by atoms with Crippen LogP contribution >= 0.6 is 11.6 Å². The van der Waals surface area contributed by atoms with Gasteiger partial charge >= 0.3 is 0 Å². The SMILES string of the molecule is CCCCC(=O)N1CCO[C@](COc2cccc(Cl)c2)(CC(=O)N2CCCCC2)C1. The maximum Gasteiger partial charge on any atom is 0.225 e. The van der Waals surface area contributed by atoms with Gasteiger partial charge in [0, 0.05) is 31.1 Å². The molecule has 7 heteroatoms. The van der Waals surface area contributed by atoms with Gasteiger partial charge in [-0.25, -0.2) is 0 Å². The molecule has 2 heterocycles. The Morgan fingerprint density at radius 2 is 1.93 bits per heavy atom. The number of benzene rings is 1. The standard InChI is InChI=1S/C23H33ClN2O4/c1-2-3-10-21(27)26-13-14-30-23(17-26,16-22(28)25-11-5-4-6-12-25)18-29-20-9-7-8-19(24)15-20/h7-9,15H,2-6,10-14,16-18H2,1H3/t23-/m1/s1. The molecular formula is C23H33ClN2O4. The molecule has 0 aliphatic carbocycles. The normalized spacial score (nSPS) is 22.1. The predicted molar refractivity (Wildman–Crippen MR) is 117 cm³/mol. The Bertz CT molecular complexity index is 723. The third kappa shape index (κ3) is 6.35. The summed E-state index contributed by atoms with van der Waals surface area (Å²) in [6, 6.07) is 7.19. The fraction of sp³-hybridized carbons (Fsp3) is 0.652. The van der Waals surface area contributed by atoms with Crippen molar-refractivity contribution in [1.29, 1.82) is 0 Å². The molecule has 2 aliphatic rings. The Hall–Kier alpha value is -1.79. The maximum absolute atomic E-state index is 13.1. The zero-order valence-electron chi connectivity index (χ0n) is 17.9. The van der Waals surface area contributed by atoms with Crippen LogP contribution in [-0.4, -0.2) is 66.6 Å². The van der Waals surface area contributed by atoms with Crippen LogP contribution in [0.1, 0.15) is 51.9 Å². The van der Waals surface area contributed by atoms with Gasteiger partial charge in [0.05, 0.1) is 19.6 Å². The van der Waals surface area contributed by atoms with Crippen LogP contribution in [0.25, 0.3) is 0 Å². The van der Waals surface area contributed by atoms with E-state index < -0.39 is 5.60 Å². The molecule has 6 nitrogen and oxygen atoms in total. The molecule has 1 aromatic rings. The highest BCUT2D eigenvalue weighted by molar-refractivity contribution is 6.30. The second-order valence-electron chi connectivity index (χ2n) is 8.31. The lowest BCUT2D eigenvalue weighted by Crippen LogP contribution is -2.58. The molecule has 2 saturated heterocycles. The first kappa shape index (κ1) is 22.9. The van der Waals surface area contributed by atoms with Crippen LogP contribution < -0.4 is 4.74 Å². The summed E-state index contributed by atoms with van der Waals surface area (Å²) in [5.74, 6) is 0.829. The minimum atomic E-state index is -0.850. The van der Waals surface area contributed by atoms with Crippen LogP contribution in [0.15, 0.2) is 24.3 Å². The molecular weight excluding hydrogens is 404 g/mol. The first-order chi connectivity index (χ1) is 14.5. The van der Waals surface area contributed by atoms with Crippen LogP contribution in [-0.2, 0) is 14.3 Å². The van der Waals surface area contributed by atoms with Gasteiger partial charge in [-0.3, -0.25) is 9.59 Å². The number of likely N-dealkylation sites (tertiary alicyclic amines) is 1. The van der Waals surface area contributed by atoms with E-state index in [1.165, 1.54) is 6.42 Å². The van der Waals surface area contributed by atoms with Gasteiger partial charge in [0.25, 0.3) is 0 Å². The summed E-state index contributed by atoms with van der Waals surface area (Å²) in [4.78, 5) is 29.5. The average Bonchev–Trinajstić information content (AvgIpc) is 2.77. The number of piperidine rings is 1. The number of halogens is 1. The first-order valence-electron chi connectivity index (χ1n) is 11.1. The van der Waals surface area contributed by atoms with E-state index in [1.54, 1.807) is 12.1 Å². The van der Waals surface area contributed by atoms with Crippen LogP contribution in [0, 0.1) is 0 Å². The zero-order chi connectivity index (χ0) is 21.4. The molecule has 0 N–H and O–H groups in total. The highest BCUT2D eigenvalue weighted by Gasteiger charge is 2.42. The van der Waals surface area contributed by atoms with Gasteiger partial charge in [-0.2, -0.15) is 0 Å². The third-order valence-corrected chi connectivity index (χ3v) is 6.06. The van der Waals surface area contributed by atoms with E-state index in [2.05, 4.69) is 6.92 Å². The number of hydrogen-bond donors (Lipinski definition) is 0. The van der Waals surface area contributed by atoms with Crippen LogP contribution in [0.2, 0.25) is 5.02 Å². The highest BCUT2D eigenvalue weighted by Crippen LogP contribution is 2.27. The predicted octanol–water partition coefficient (Wildman–Crippen LogP) is 3.91. The zero-order valence-corrected chi connectivity index (χ0v) is 18.7.